The molecule has 2 heterocycles. The van der Waals surface area contributed by atoms with Crippen molar-refractivity contribution in [3.05, 3.63) is 129 Å². The highest BCUT2D eigenvalue weighted by molar-refractivity contribution is 6.04. The number of amides is 3. The highest BCUT2D eigenvalue weighted by Crippen LogP contribution is 2.27. The van der Waals surface area contributed by atoms with Gasteiger partial charge in [-0.1, -0.05) is 78.9 Å². The first kappa shape index (κ1) is 29.3. The summed E-state index contributed by atoms with van der Waals surface area (Å²) in [5, 5.41) is 16.6. The standard InChI is InChI=1S/C34H34N4O5/c1-22-11-9-12-23(2)28(22)36-33(42)27-21-37-20-26(32(41)35-18-10-17-24-13-5-3-6-14-24)30(39)31(40)29(37)34(43)38(27)19-25-15-7-4-8-16-25/h3-9,11-16,20,27,40H,10,17-19,21H2,1-2H3,(H,35,41)(H,36,42). The first-order chi connectivity index (χ1) is 20.7. The van der Waals surface area contributed by atoms with Crippen molar-refractivity contribution in [2.75, 3.05) is 11.9 Å². The van der Waals surface area contributed by atoms with E-state index in [-0.39, 0.29) is 24.3 Å². The Morgan fingerprint density at radius 1 is 0.884 bits per heavy atom. The van der Waals surface area contributed by atoms with E-state index in [0.29, 0.717) is 18.7 Å². The number of hydrogen-bond acceptors (Lipinski definition) is 5. The van der Waals surface area contributed by atoms with E-state index < -0.39 is 34.9 Å². The van der Waals surface area contributed by atoms with Crippen molar-refractivity contribution in [3.63, 3.8) is 0 Å². The largest absolute Gasteiger partial charge is 0.503 e. The summed E-state index contributed by atoms with van der Waals surface area (Å²) in [4.78, 5) is 55.1. The minimum absolute atomic E-state index is 0.0627. The summed E-state index contributed by atoms with van der Waals surface area (Å²) in [5.74, 6) is -2.56. The van der Waals surface area contributed by atoms with Crippen molar-refractivity contribution in [2.24, 2.45) is 0 Å². The van der Waals surface area contributed by atoms with Gasteiger partial charge in [0, 0.05) is 25.0 Å². The normalized spacial score (nSPS) is 14.2. The average Bonchev–Trinajstić information content (AvgIpc) is 3.01. The molecule has 9 heteroatoms. The number of rotatable bonds is 9. The fourth-order valence-corrected chi connectivity index (χ4v) is 5.38. The highest BCUT2D eigenvalue weighted by atomic mass is 16.3. The second-order valence-corrected chi connectivity index (χ2v) is 10.8. The van der Waals surface area contributed by atoms with Crippen LogP contribution in [0.2, 0.25) is 0 Å². The molecule has 1 aliphatic heterocycles. The molecule has 3 amide bonds. The third-order valence-electron chi connectivity index (χ3n) is 7.71. The Labute approximate surface area is 249 Å². The number of benzene rings is 3. The molecular weight excluding hydrogens is 544 g/mol. The van der Waals surface area contributed by atoms with Gasteiger partial charge in [-0.15, -0.1) is 0 Å². The quantitative estimate of drug-likeness (QED) is 0.257. The molecule has 0 saturated heterocycles. The molecule has 0 saturated carbocycles. The Hall–Kier alpha value is -5.18. The fraction of sp³-hybridized carbons (Fsp3) is 0.235. The lowest BCUT2D eigenvalue weighted by Crippen LogP contribution is -2.54. The second kappa shape index (κ2) is 12.8. The van der Waals surface area contributed by atoms with Crippen molar-refractivity contribution in [1.29, 1.82) is 0 Å². The molecule has 1 aliphatic rings. The lowest BCUT2D eigenvalue weighted by molar-refractivity contribution is -0.121. The van der Waals surface area contributed by atoms with Gasteiger partial charge in [0.25, 0.3) is 11.8 Å². The van der Waals surface area contributed by atoms with Gasteiger partial charge in [-0.3, -0.25) is 19.2 Å². The van der Waals surface area contributed by atoms with E-state index in [9.17, 15) is 24.3 Å². The average molecular weight is 579 g/mol. The van der Waals surface area contributed by atoms with E-state index in [1.54, 1.807) is 0 Å². The first-order valence-corrected chi connectivity index (χ1v) is 14.2. The number of aryl methyl sites for hydroxylation is 3. The van der Waals surface area contributed by atoms with E-state index in [0.717, 1.165) is 28.7 Å². The van der Waals surface area contributed by atoms with E-state index in [1.165, 1.54) is 15.7 Å². The van der Waals surface area contributed by atoms with Crippen LogP contribution in [0.1, 0.15) is 49.5 Å². The maximum absolute atomic E-state index is 13.8. The number of anilines is 1. The molecule has 1 unspecified atom stereocenters. The number of pyridine rings is 1. The molecule has 3 N–H and O–H groups in total. The number of nitrogens with one attached hydrogen (secondary N) is 2. The summed E-state index contributed by atoms with van der Waals surface area (Å²) in [6.07, 6.45) is 2.67. The molecule has 0 bridgehead atoms. The maximum atomic E-state index is 13.8. The molecular formula is C34H34N4O5. The minimum Gasteiger partial charge on any atom is -0.503 e. The molecule has 0 fully saturated rings. The van der Waals surface area contributed by atoms with Gasteiger partial charge in [0.05, 0.1) is 6.54 Å². The number of carbonyl (C=O) groups is 3. The van der Waals surface area contributed by atoms with Crippen molar-refractivity contribution in [3.8, 4) is 5.75 Å². The van der Waals surface area contributed by atoms with Crippen LogP contribution in [-0.2, 0) is 24.3 Å². The zero-order chi connectivity index (χ0) is 30.5. The van der Waals surface area contributed by atoms with Gasteiger partial charge in [-0.05, 0) is 48.9 Å². The smallest absolute Gasteiger partial charge is 0.275 e. The summed E-state index contributed by atoms with van der Waals surface area (Å²) in [7, 11) is 0. The lowest BCUT2D eigenvalue weighted by atomic mass is 10.0. The Kier molecular flexibility index (Phi) is 8.71. The number of carbonyl (C=O) groups excluding carboxylic acids is 3. The summed E-state index contributed by atoms with van der Waals surface area (Å²) in [6, 6.07) is 23.7. The van der Waals surface area contributed by atoms with Crippen LogP contribution in [0.5, 0.6) is 5.75 Å². The highest BCUT2D eigenvalue weighted by Gasteiger charge is 2.40. The van der Waals surface area contributed by atoms with Crippen molar-refractivity contribution in [1.82, 2.24) is 14.8 Å². The SMILES string of the molecule is Cc1cccc(C)c1NC(=O)C1Cn2cc(C(=O)NCCCc3ccccc3)c(=O)c(O)c2C(=O)N1Cc1ccccc1. The second-order valence-electron chi connectivity index (χ2n) is 10.8. The number of nitrogens with zero attached hydrogens (tertiary/aromatic N) is 2. The zero-order valence-electron chi connectivity index (χ0n) is 24.2. The molecule has 5 rings (SSSR count). The number of hydrogen-bond donors (Lipinski definition) is 3. The summed E-state index contributed by atoms with van der Waals surface area (Å²) in [5.41, 5.74) is 2.84. The molecule has 1 atom stereocenters. The van der Waals surface area contributed by atoms with Gasteiger partial charge >= 0.3 is 0 Å². The van der Waals surface area contributed by atoms with Crippen LogP contribution >= 0.6 is 0 Å². The first-order valence-electron chi connectivity index (χ1n) is 14.2. The van der Waals surface area contributed by atoms with Crippen LogP contribution < -0.4 is 16.1 Å². The summed E-state index contributed by atoms with van der Waals surface area (Å²) < 4.78 is 1.34. The van der Waals surface area contributed by atoms with E-state index >= 15 is 0 Å². The van der Waals surface area contributed by atoms with Crippen LogP contribution in [-0.4, -0.2) is 44.9 Å². The molecule has 1 aromatic heterocycles. The van der Waals surface area contributed by atoms with Gasteiger partial charge in [-0.2, -0.15) is 0 Å². The molecule has 0 aliphatic carbocycles. The molecule has 0 spiro atoms. The van der Waals surface area contributed by atoms with Crippen LogP contribution in [0, 0.1) is 13.8 Å². The fourth-order valence-electron chi connectivity index (χ4n) is 5.38. The van der Waals surface area contributed by atoms with Crippen LogP contribution in [0.25, 0.3) is 0 Å². The molecule has 0 radical (unpaired) electrons. The summed E-state index contributed by atoms with van der Waals surface area (Å²) >= 11 is 0. The Morgan fingerprint density at radius 2 is 1.51 bits per heavy atom. The van der Waals surface area contributed by atoms with Crippen LogP contribution in [0.4, 0.5) is 5.69 Å². The molecule has 3 aromatic carbocycles. The van der Waals surface area contributed by atoms with E-state index in [2.05, 4.69) is 10.6 Å². The topological polar surface area (TPSA) is 121 Å². The van der Waals surface area contributed by atoms with Gasteiger partial charge in [0.2, 0.25) is 11.3 Å². The third kappa shape index (κ3) is 6.35. The summed E-state index contributed by atoms with van der Waals surface area (Å²) in [6.45, 7) is 4.12. The Bertz CT molecular complexity index is 1700. The zero-order valence-corrected chi connectivity index (χ0v) is 24.2. The Balaban J connectivity index is 1.43. The van der Waals surface area contributed by atoms with Crippen molar-refractivity contribution >= 4 is 23.4 Å². The minimum atomic E-state index is -0.983. The maximum Gasteiger partial charge on any atom is 0.275 e. The number of para-hydroxylation sites is 1. The number of aromatic nitrogens is 1. The number of aromatic hydroxyl groups is 1. The molecule has 4 aromatic rings. The predicted octanol–water partition coefficient (Wildman–Crippen LogP) is 4.20. The van der Waals surface area contributed by atoms with E-state index in [1.807, 2.05) is 92.7 Å². The third-order valence-corrected chi connectivity index (χ3v) is 7.71. The number of fused-ring (bicyclic) bond motifs is 1. The van der Waals surface area contributed by atoms with Gasteiger partial charge in [0.1, 0.15) is 11.6 Å². The van der Waals surface area contributed by atoms with Crippen molar-refractivity contribution in [2.45, 2.75) is 45.8 Å². The lowest BCUT2D eigenvalue weighted by Gasteiger charge is -2.37. The van der Waals surface area contributed by atoms with Gasteiger partial charge in [0.15, 0.2) is 11.4 Å². The van der Waals surface area contributed by atoms with E-state index in [4.69, 9.17) is 0 Å². The molecule has 9 nitrogen and oxygen atoms in total. The van der Waals surface area contributed by atoms with Crippen LogP contribution in [0.15, 0.2) is 89.9 Å². The molecule has 43 heavy (non-hydrogen) atoms. The van der Waals surface area contributed by atoms with Crippen LogP contribution in [0.3, 0.4) is 0 Å². The molecule has 220 valence electrons. The monoisotopic (exact) mass is 578 g/mol. The van der Waals surface area contributed by atoms with Gasteiger partial charge < -0.3 is 25.2 Å². The van der Waals surface area contributed by atoms with Crippen molar-refractivity contribution < 1.29 is 19.5 Å². The predicted molar refractivity (Wildman–Crippen MR) is 164 cm³/mol. The Morgan fingerprint density at radius 3 is 2.16 bits per heavy atom. The van der Waals surface area contributed by atoms with Gasteiger partial charge in [-0.25, -0.2) is 0 Å².